The Balaban J connectivity index is 2.35. The van der Waals surface area contributed by atoms with Gasteiger partial charge in [-0.25, -0.2) is 17.9 Å². The molecule has 0 aliphatic carbocycles. The molecule has 0 spiro atoms. The largest absolute Gasteiger partial charge is 0.478 e. The molecule has 2 aromatic rings. The maximum absolute atomic E-state index is 12.2. The number of aromatic carboxylic acids is 1. The van der Waals surface area contributed by atoms with Crippen molar-refractivity contribution in [2.45, 2.75) is 11.4 Å². The number of sulfonamides is 1. The monoisotopic (exact) mass is 348 g/mol. The minimum absolute atomic E-state index is 0.0488. The molecule has 21 heavy (non-hydrogen) atoms. The van der Waals surface area contributed by atoms with Crippen molar-refractivity contribution in [2.24, 2.45) is 0 Å². The number of aromatic amines is 1. The van der Waals surface area contributed by atoms with Crippen LogP contribution in [0.4, 0.5) is 0 Å². The number of rotatable bonds is 5. The van der Waals surface area contributed by atoms with Crippen LogP contribution in [0.1, 0.15) is 15.9 Å². The Hall–Kier alpha value is -1.54. The topological polar surface area (TPSA) is 99.3 Å². The van der Waals surface area contributed by atoms with Crippen LogP contribution in [0.15, 0.2) is 35.5 Å². The van der Waals surface area contributed by atoms with Gasteiger partial charge >= 0.3 is 5.97 Å². The van der Waals surface area contributed by atoms with Crippen molar-refractivity contribution in [2.75, 3.05) is 0 Å². The second-order valence-electron chi connectivity index (χ2n) is 4.11. The summed E-state index contributed by atoms with van der Waals surface area (Å²) in [6.07, 6.45) is 3.29. The fraction of sp³-hybridized carbons (Fsp3) is 0.0833. The van der Waals surface area contributed by atoms with Crippen LogP contribution in [-0.4, -0.2) is 24.5 Å². The Morgan fingerprint density at radius 3 is 2.57 bits per heavy atom. The molecule has 9 heteroatoms. The highest BCUT2D eigenvalue weighted by Gasteiger charge is 2.22. The molecule has 2 rings (SSSR count). The Kier molecular flexibility index (Phi) is 4.58. The van der Waals surface area contributed by atoms with Crippen LogP contribution in [0, 0.1) is 0 Å². The van der Waals surface area contributed by atoms with Crippen molar-refractivity contribution in [1.82, 2.24) is 9.71 Å². The van der Waals surface area contributed by atoms with Gasteiger partial charge in [-0.2, -0.15) is 0 Å². The molecule has 0 aliphatic rings. The van der Waals surface area contributed by atoms with Crippen molar-refractivity contribution < 1.29 is 18.3 Å². The SMILES string of the molecule is O=C(O)c1cc(S(=O)(=O)NCc2cc[nH]c2)c(Cl)cc1Cl. The van der Waals surface area contributed by atoms with Gasteiger partial charge in [0.15, 0.2) is 0 Å². The molecule has 0 atom stereocenters. The predicted octanol–water partition coefficient (Wildman–Crippen LogP) is 2.50. The van der Waals surface area contributed by atoms with E-state index in [4.69, 9.17) is 28.3 Å². The van der Waals surface area contributed by atoms with Crippen molar-refractivity contribution >= 4 is 39.2 Å². The normalized spacial score (nSPS) is 11.5. The second kappa shape index (κ2) is 6.07. The van der Waals surface area contributed by atoms with Gasteiger partial charge in [0.2, 0.25) is 10.0 Å². The van der Waals surface area contributed by atoms with Gasteiger partial charge in [-0.05, 0) is 23.8 Å². The van der Waals surface area contributed by atoms with Crippen LogP contribution in [0.3, 0.4) is 0 Å². The van der Waals surface area contributed by atoms with E-state index in [1.165, 1.54) is 0 Å². The van der Waals surface area contributed by atoms with Crippen molar-refractivity contribution in [1.29, 1.82) is 0 Å². The third-order valence-electron chi connectivity index (χ3n) is 2.67. The van der Waals surface area contributed by atoms with E-state index >= 15 is 0 Å². The van der Waals surface area contributed by atoms with Crippen LogP contribution in [0.2, 0.25) is 10.0 Å². The van der Waals surface area contributed by atoms with E-state index in [2.05, 4.69) is 9.71 Å². The van der Waals surface area contributed by atoms with Crippen LogP contribution in [0.25, 0.3) is 0 Å². The van der Waals surface area contributed by atoms with Crippen LogP contribution in [-0.2, 0) is 16.6 Å². The molecule has 0 radical (unpaired) electrons. The van der Waals surface area contributed by atoms with Crippen LogP contribution < -0.4 is 4.72 Å². The summed E-state index contributed by atoms with van der Waals surface area (Å²) in [5.74, 6) is -1.33. The second-order valence-corrected chi connectivity index (χ2v) is 6.66. The molecule has 0 saturated heterocycles. The number of carboxylic acid groups (broad SMARTS) is 1. The van der Waals surface area contributed by atoms with E-state index in [-0.39, 0.29) is 27.0 Å². The Bertz CT molecular complexity index is 773. The van der Waals surface area contributed by atoms with Gasteiger partial charge in [-0.3, -0.25) is 0 Å². The van der Waals surface area contributed by atoms with E-state index in [0.717, 1.165) is 17.7 Å². The first kappa shape index (κ1) is 15.8. The average Bonchev–Trinajstić information content (AvgIpc) is 2.88. The number of hydrogen-bond acceptors (Lipinski definition) is 3. The van der Waals surface area contributed by atoms with Gasteiger partial charge in [0.25, 0.3) is 0 Å². The minimum atomic E-state index is -3.96. The zero-order chi connectivity index (χ0) is 15.6. The van der Waals surface area contributed by atoms with E-state index in [0.29, 0.717) is 0 Å². The molecule has 1 heterocycles. The maximum atomic E-state index is 12.2. The molecule has 6 nitrogen and oxygen atoms in total. The highest BCUT2D eigenvalue weighted by molar-refractivity contribution is 7.89. The fourth-order valence-electron chi connectivity index (χ4n) is 1.62. The summed E-state index contributed by atoms with van der Waals surface area (Å²) in [5.41, 5.74) is 0.394. The smallest absolute Gasteiger partial charge is 0.337 e. The van der Waals surface area contributed by atoms with Gasteiger partial charge < -0.3 is 10.1 Å². The van der Waals surface area contributed by atoms with E-state index in [1.54, 1.807) is 18.5 Å². The molecule has 0 amide bonds. The number of carbonyl (C=O) groups is 1. The summed E-state index contributed by atoms with van der Waals surface area (Å²) in [6, 6.07) is 3.73. The molecule has 0 aliphatic heterocycles. The first-order valence-electron chi connectivity index (χ1n) is 5.65. The van der Waals surface area contributed by atoms with Gasteiger partial charge in [-0.15, -0.1) is 0 Å². The van der Waals surface area contributed by atoms with Crippen molar-refractivity contribution in [3.8, 4) is 0 Å². The maximum Gasteiger partial charge on any atom is 0.337 e. The molecular formula is C12H10Cl2N2O4S. The first-order valence-corrected chi connectivity index (χ1v) is 7.89. The standard InChI is InChI=1S/C12H10Cl2N2O4S/c13-9-4-10(14)11(3-8(9)12(17)18)21(19,20)16-6-7-1-2-15-5-7/h1-5,15-16H,6H2,(H,17,18). The summed E-state index contributed by atoms with van der Waals surface area (Å²) < 4.78 is 26.7. The van der Waals surface area contributed by atoms with Crippen molar-refractivity contribution in [3.63, 3.8) is 0 Å². The summed E-state index contributed by atoms with van der Waals surface area (Å²) >= 11 is 11.6. The number of halogens is 2. The lowest BCUT2D eigenvalue weighted by Crippen LogP contribution is -2.23. The zero-order valence-electron chi connectivity index (χ0n) is 10.4. The summed E-state index contributed by atoms with van der Waals surface area (Å²) in [6.45, 7) is 0.0488. The molecule has 112 valence electrons. The zero-order valence-corrected chi connectivity index (χ0v) is 12.8. The Morgan fingerprint density at radius 1 is 1.29 bits per heavy atom. The highest BCUT2D eigenvalue weighted by atomic mass is 35.5. The van der Waals surface area contributed by atoms with Gasteiger partial charge in [0.05, 0.1) is 15.6 Å². The Labute approximate surface area is 130 Å². The molecule has 0 saturated carbocycles. The molecule has 0 bridgehead atoms. The number of benzene rings is 1. The van der Waals surface area contributed by atoms with E-state index in [9.17, 15) is 13.2 Å². The summed E-state index contributed by atoms with van der Waals surface area (Å²) in [4.78, 5) is 13.5. The molecule has 1 aromatic carbocycles. The van der Waals surface area contributed by atoms with Crippen molar-refractivity contribution in [3.05, 3.63) is 51.8 Å². The molecular weight excluding hydrogens is 339 g/mol. The Morgan fingerprint density at radius 2 is 2.00 bits per heavy atom. The molecule has 0 unspecified atom stereocenters. The summed E-state index contributed by atoms with van der Waals surface area (Å²) in [5, 5.41) is 8.71. The molecule has 1 aromatic heterocycles. The highest BCUT2D eigenvalue weighted by Crippen LogP contribution is 2.28. The lowest BCUT2D eigenvalue weighted by molar-refractivity contribution is 0.0697. The number of hydrogen-bond donors (Lipinski definition) is 3. The molecule has 0 fully saturated rings. The average molecular weight is 349 g/mol. The first-order chi connectivity index (χ1) is 9.81. The van der Waals surface area contributed by atoms with Gasteiger partial charge in [-0.1, -0.05) is 23.2 Å². The minimum Gasteiger partial charge on any atom is -0.478 e. The lowest BCUT2D eigenvalue weighted by atomic mass is 10.2. The number of H-pyrrole nitrogens is 1. The summed E-state index contributed by atoms with van der Waals surface area (Å²) in [7, 11) is -3.96. The van der Waals surface area contributed by atoms with Gasteiger partial charge in [0, 0.05) is 18.9 Å². The van der Waals surface area contributed by atoms with Gasteiger partial charge in [0.1, 0.15) is 4.90 Å². The third-order valence-corrected chi connectivity index (χ3v) is 4.85. The number of carboxylic acids is 1. The fourth-order valence-corrected chi connectivity index (χ4v) is 3.49. The number of nitrogens with one attached hydrogen (secondary N) is 2. The number of aromatic nitrogens is 1. The quantitative estimate of drug-likeness (QED) is 0.772. The predicted molar refractivity (Wildman–Crippen MR) is 78.2 cm³/mol. The van der Waals surface area contributed by atoms with Crippen LogP contribution in [0.5, 0.6) is 0 Å². The third kappa shape index (κ3) is 3.56. The lowest BCUT2D eigenvalue weighted by Gasteiger charge is -2.09. The molecule has 3 N–H and O–H groups in total. The van der Waals surface area contributed by atoms with E-state index in [1.807, 2.05) is 0 Å². The van der Waals surface area contributed by atoms with E-state index < -0.39 is 16.0 Å². The van der Waals surface area contributed by atoms with Crippen LogP contribution >= 0.6 is 23.2 Å².